The van der Waals surface area contributed by atoms with Crippen molar-refractivity contribution in [3.63, 3.8) is 0 Å². The number of carboxylic acid groups (broad SMARTS) is 1. The van der Waals surface area contributed by atoms with Gasteiger partial charge in [0.25, 0.3) is 11.6 Å². The predicted molar refractivity (Wildman–Crippen MR) is 87.2 cm³/mol. The molecule has 0 aliphatic carbocycles. The average molecular weight is 338 g/mol. The number of hydrogen-bond acceptors (Lipinski definition) is 5. The molecule has 1 unspecified atom stereocenters. The molecule has 1 amide bonds. The molecule has 0 saturated heterocycles. The Hall–Kier alpha value is -2.64. The summed E-state index contributed by atoms with van der Waals surface area (Å²) in [7, 11) is 0. The molecule has 8 heteroatoms. The zero-order chi connectivity index (χ0) is 18.3. The molecule has 0 aliphatic rings. The van der Waals surface area contributed by atoms with E-state index in [1.165, 1.54) is 18.2 Å². The van der Waals surface area contributed by atoms with E-state index in [-0.39, 0.29) is 23.7 Å². The van der Waals surface area contributed by atoms with Crippen LogP contribution in [-0.2, 0) is 4.79 Å². The van der Waals surface area contributed by atoms with Gasteiger partial charge in [0.05, 0.1) is 17.4 Å². The van der Waals surface area contributed by atoms with Crippen LogP contribution in [0.1, 0.15) is 37.6 Å². The second-order valence-corrected chi connectivity index (χ2v) is 5.74. The smallest absolute Gasteiger partial charge is 0.308 e. The molecular formula is C16H22N2O6. The predicted octanol–water partition coefficient (Wildman–Crippen LogP) is 2.47. The van der Waals surface area contributed by atoms with Gasteiger partial charge in [0.15, 0.2) is 0 Å². The van der Waals surface area contributed by atoms with Crippen molar-refractivity contribution in [2.75, 3.05) is 13.2 Å². The Bertz CT molecular complexity index is 615. The summed E-state index contributed by atoms with van der Waals surface area (Å²) in [6.07, 6.45) is 0.399. The number of carbonyl (C=O) groups excluding carboxylic acids is 1. The van der Waals surface area contributed by atoms with Crippen molar-refractivity contribution >= 4 is 17.6 Å². The SMILES string of the molecule is CCOc1ccc([N+](=O)[O-])c(C(=O)NCC(CC(C)C)C(=O)O)c1. The largest absolute Gasteiger partial charge is 0.494 e. The molecule has 1 aromatic rings. The van der Waals surface area contributed by atoms with E-state index in [4.69, 9.17) is 4.74 Å². The molecule has 1 rings (SSSR count). The van der Waals surface area contributed by atoms with Crippen molar-refractivity contribution < 1.29 is 24.4 Å². The van der Waals surface area contributed by atoms with Crippen LogP contribution in [0.4, 0.5) is 5.69 Å². The van der Waals surface area contributed by atoms with E-state index < -0.39 is 22.7 Å². The van der Waals surface area contributed by atoms with Crippen LogP contribution in [0.25, 0.3) is 0 Å². The summed E-state index contributed by atoms with van der Waals surface area (Å²) in [5.74, 6) is -1.97. The number of ether oxygens (including phenoxy) is 1. The Morgan fingerprint density at radius 3 is 2.54 bits per heavy atom. The zero-order valence-corrected chi connectivity index (χ0v) is 13.9. The minimum absolute atomic E-state index is 0.0949. The van der Waals surface area contributed by atoms with Crippen molar-refractivity contribution in [3.05, 3.63) is 33.9 Å². The number of aliphatic carboxylic acids is 1. The maximum Gasteiger partial charge on any atom is 0.308 e. The number of hydrogen-bond donors (Lipinski definition) is 2. The summed E-state index contributed by atoms with van der Waals surface area (Å²) in [5.41, 5.74) is -0.508. The highest BCUT2D eigenvalue weighted by atomic mass is 16.6. The molecule has 1 aromatic carbocycles. The fourth-order valence-electron chi connectivity index (χ4n) is 2.26. The lowest BCUT2D eigenvalue weighted by Gasteiger charge is -2.15. The van der Waals surface area contributed by atoms with Gasteiger partial charge in [0.1, 0.15) is 11.3 Å². The minimum atomic E-state index is -1.01. The van der Waals surface area contributed by atoms with Crippen LogP contribution in [0.5, 0.6) is 5.75 Å². The topological polar surface area (TPSA) is 119 Å². The van der Waals surface area contributed by atoms with Gasteiger partial charge in [-0.1, -0.05) is 13.8 Å². The average Bonchev–Trinajstić information content (AvgIpc) is 2.50. The third-order valence-electron chi connectivity index (χ3n) is 3.33. The first-order chi connectivity index (χ1) is 11.3. The first-order valence-corrected chi connectivity index (χ1v) is 7.68. The Morgan fingerprint density at radius 1 is 1.38 bits per heavy atom. The van der Waals surface area contributed by atoms with Gasteiger partial charge in [0.2, 0.25) is 0 Å². The number of rotatable bonds is 9. The molecular weight excluding hydrogens is 316 g/mol. The second kappa shape index (κ2) is 8.85. The van der Waals surface area contributed by atoms with Crippen molar-refractivity contribution in [2.45, 2.75) is 27.2 Å². The van der Waals surface area contributed by atoms with E-state index in [1.54, 1.807) is 6.92 Å². The molecule has 0 heterocycles. The molecule has 132 valence electrons. The molecule has 0 spiro atoms. The van der Waals surface area contributed by atoms with Crippen LogP contribution in [-0.4, -0.2) is 35.1 Å². The Kier molecular flexibility index (Phi) is 7.16. The van der Waals surface area contributed by atoms with Crippen LogP contribution in [0, 0.1) is 22.0 Å². The van der Waals surface area contributed by atoms with Crippen LogP contribution in [0.2, 0.25) is 0 Å². The van der Waals surface area contributed by atoms with E-state index in [0.29, 0.717) is 18.8 Å². The number of benzene rings is 1. The Morgan fingerprint density at radius 2 is 2.04 bits per heavy atom. The molecule has 8 nitrogen and oxygen atoms in total. The molecule has 24 heavy (non-hydrogen) atoms. The van der Waals surface area contributed by atoms with Gasteiger partial charge < -0.3 is 15.2 Å². The third-order valence-corrected chi connectivity index (χ3v) is 3.33. The number of nitrogens with zero attached hydrogens (tertiary/aromatic N) is 1. The van der Waals surface area contributed by atoms with E-state index in [0.717, 1.165) is 0 Å². The summed E-state index contributed by atoms with van der Waals surface area (Å²) in [6, 6.07) is 3.90. The van der Waals surface area contributed by atoms with Crippen molar-refractivity contribution in [1.82, 2.24) is 5.32 Å². The molecule has 0 saturated carbocycles. The van der Waals surface area contributed by atoms with E-state index in [9.17, 15) is 24.8 Å². The highest BCUT2D eigenvalue weighted by molar-refractivity contribution is 5.98. The van der Waals surface area contributed by atoms with Crippen LogP contribution < -0.4 is 10.1 Å². The van der Waals surface area contributed by atoms with Gasteiger partial charge >= 0.3 is 5.97 Å². The maximum absolute atomic E-state index is 12.3. The van der Waals surface area contributed by atoms with E-state index in [2.05, 4.69) is 5.32 Å². The first-order valence-electron chi connectivity index (χ1n) is 7.68. The molecule has 0 aromatic heterocycles. The molecule has 0 bridgehead atoms. The lowest BCUT2D eigenvalue weighted by Crippen LogP contribution is -2.34. The minimum Gasteiger partial charge on any atom is -0.494 e. The summed E-state index contributed by atoms with van der Waals surface area (Å²) in [4.78, 5) is 33.9. The van der Waals surface area contributed by atoms with Crippen LogP contribution in [0.3, 0.4) is 0 Å². The molecule has 0 radical (unpaired) electrons. The lowest BCUT2D eigenvalue weighted by molar-refractivity contribution is -0.385. The number of amides is 1. The monoisotopic (exact) mass is 338 g/mol. The van der Waals surface area contributed by atoms with Crippen LogP contribution >= 0.6 is 0 Å². The number of nitro groups is 1. The summed E-state index contributed by atoms with van der Waals surface area (Å²) in [6.45, 7) is 5.78. The van der Waals surface area contributed by atoms with Crippen molar-refractivity contribution in [1.29, 1.82) is 0 Å². The van der Waals surface area contributed by atoms with Gasteiger partial charge in [-0.2, -0.15) is 0 Å². The highest BCUT2D eigenvalue weighted by Crippen LogP contribution is 2.24. The summed E-state index contributed by atoms with van der Waals surface area (Å²) >= 11 is 0. The standard InChI is InChI=1S/C16H22N2O6/c1-4-24-12-5-6-14(18(22)23)13(8-12)15(19)17-9-11(16(20)21)7-10(2)3/h5-6,8,10-11H,4,7,9H2,1-3H3,(H,17,19)(H,20,21). The normalized spacial score (nSPS) is 11.8. The fourth-order valence-corrected chi connectivity index (χ4v) is 2.26. The second-order valence-electron chi connectivity index (χ2n) is 5.74. The van der Waals surface area contributed by atoms with Gasteiger partial charge in [-0.05, 0) is 31.4 Å². The van der Waals surface area contributed by atoms with Crippen molar-refractivity contribution in [3.8, 4) is 5.75 Å². The quantitative estimate of drug-likeness (QED) is 0.527. The Balaban J connectivity index is 2.94. The molecule has 2 N–H and O–H groups in total. The molecule has 0 aliphatic heterocycles. The Labute approximate surface area is 140 Å². The van der Waals surface area contributed by atoms with Crippen molar-refractivity contribution in [2.24, 2.45) is 11.8 Å². The number of nitrogens with one attached hydrogen (secondary N) is 1. The number of nitro benzene ring substituents is 1. The third kappa shape index (κ3) is 5.53. The zero-order valence-electron chi connectivity index (χ0n) is 13.9. The van der Waals surface area contributed by atoms with Gasteiger partial charge in [0, 0.05) is 12.6 Å². The van der Waals surface area contributed by atoms with Gasteiger partial charge in [-0.3, -0.25) is 19.7 Å². The lowest BCUT2D eigenvalue weighted by atomic mass is 9.97. The van der Waals surface area contributed by atoms with Crippen LogP contribution in [0.15, 0.2) is 18.2 Å². The summed E-state index contributed by atoms with van der Waals surface area (Å²) < 4.78 is 5.25. The van der Waals surface area contributed by atoms with Gasteiger partial charge in [-0.15, -0.1) is 0 Å². The molecule has 0 fully saturated rings. The highest BCUT2D eigenvalue weighted by Gasteiger charge is 2.24. The summed E-state index contributed by atoms with van der Waals surface area (Å²) in [5, 5.41) is 22.7. The fraction of sp³-hybridized carbons (Fsp3) is 0.500. The first kappa shape index (κ1) is 19.4. The number of carbonyl (C=O) groups is 2. The van der Waals surface area contributed by atoms with Gasteiger partial charge in [-0.25, -0.2) is 0 Å². The van der Waals surface area contributed by atoms with E-state index in [1.807, 2.05) is 13.8 Å². The number of carboxylic acids is 1. The van der Waals surface area contributed by atoms with E-state index >= 15 is 0 Å². The maximum atomic E-state index is 12.3. The molecule has 1 atom stereocenters.